The second-order valence-corrected chi connectivity index (χ2v) is 15.7. The summed E-state index contributed by atoms with van der Waals surface area (Å²) in [5.74, 6) is 1.37. The molecule has 0 saturated heterocycles. The Bertz CT molecular complexity index is 2790. The highest BCUT2D eigenvalue weighted by molar-refractivity contribution is 6.08. The van der Waals surface area contributed by atoms with Crippen molar-refractivity contribution in [3.8, 4) is 50.8 Å². The van der Waals surface area contributed by atoms with Gasteiger partial charge >= 0.3 is 0 Å². The lowest BCUT2D eigenvalue weighted by molar-refractivity contribution is 0.163. The molecule has 1 spiro atoms. The maximum Gasteiger partial charge on any atom is 0.178 e. The zero-order valence-electron chi connectivity index (χ0n) is 31.5. The lowest BCUT2D eigenvalue weighted by Crippen LogP contribution is -2.35. The summed E-state index contributed by atoms with van der Waals surface area (Å²) in [6.07, 6.45) is 9.99. The third kappa shape index (κ3) is 5.31. The third-order valence-electron chi connectivity index (χ3n) is 12.5. The highest BCUT2D eigenvalue weighted by atomic mass is 19.1. The van der Waals surface area contributed by atoms with Crippen molar-refractivity contribution >= 4 is 16.8 Å². The van der Waals surface area contributed by atoms with Gasteiger partial charge in [0.1, 0.15) is 11.6 Å². The first-order valence-corrected chi connectivity index (χ1v) is 20.1. The normalized spacial score (nSPS) is 17.5. The molecule has 2 aliphatic carbocycles. The fraction of sp³-hybridized carbons (Fsp3) is 0.132. The molecular formula is C53H39FN2O. The van der Waals surface area contributed by atoms with E-state index in [2.05, 4.69) is 115 Å². The van der Waals surface area contributed by atoms with Gasteiger partial charge in [0.2, 0.25) is 0 Å². The average molecular weight is 739 g/mol. The molecule has 1 atom stereocenters. The van der Waals surface area contributed by atoms with Crippen molar-refractivity contribution in [2.24, 2.45) is 0 Å². The predicted molar refractivity (Wildman–Crippen MR) is 228 cm³/mol. The smallest absolute Gasteiger partial charge is 0.178 e. The van der Waals surface area contributed by atoms with E-state index in [1.165, 1.54) is 17.5 Å². The van der Waals surface area contributed by atoms with Crippen LogP contribution in [-0.2, 0) is 11.0 Å². The molecule has 0 bridgehead atoms. The van der Waals surface area contributed by atoms with Crippen LogP contribution in [0.25, 0.3) is 61.9 Å². The van der Waals surface area contributed by atoms with E-state index in [1.807, 2.05) is 54.6 Å². The first-order valence-electron chi connectivity index (χ1n) is 20.1. The topological polar surface area (TPSA) is 35.0 Å². The number of ether oxygens (including phenoxy) is 1. The summed E-state index contributed by atoms with van der Waals surface area (Å²) in [7, 11) is 0. The Kier molecular flexibility index (Phi) is 7.82. The summed E-state index contributed by atoms with van der Waals surface area (Å²) >= 11 is 0. The number of benzene rings is 7. The van der Waals surface area contributed by atoms with Crippen LogP contribution in [0.3, 0.4) is 0 Å². The summed E-state index contributed by atoms with van der Waals surface area (Å²) in [4.78, 5) is 10.2. The van der Waals surface area contributed by atoms with Crippen LogP contribution in [-0.4, -0.2) is 9.97 Å². The van der Waals surface area contributed by atoms with E-state index in [0.29, 0.717) is 5.82 Å². The lowest BCUT2D eigenvalue weighted by atomic mass is 9.66. The average Bonchev–Trinajstić information content (AvgIpc) is 3.55. The number of hydrogen-bond donors (Lipinski definition) is 0. The molecule has 2 heterocycles. The zero-order chi connectivity index (χ0) is 38.0. The summed E-state index contributed by atoms with van der Waals surface area (Å²) in [5.41, 5.74) is 11.6. The number of rotatable bonds is 5. The van der Waals surface area contributed by atoms with Crippen molar-refractivity contribution in [2.45, 2.75) is 43.1 Å². The molecule has 11 rings (SSSR count). The predicted octanol–water partition coefficient (Wildman–Crippen LogP) is 13.3. The minimum atomic E-state index is -0.914. The first-order chi connectivity index (χ1) is 28.1. The minimum Gasteiger partial charge on any atom is -0.472 e. The highest BCUT2D eigenvalue weighted by Crippen LogP contribution is 2.62. The van der Waals surface area contributed by atoms with Crippen molar-refractivity contribution in [3.05, 3.63) is 204 Å². The molecular weight excluding hydrogens is 700 g/mol. The molecule has 1 saturated carbocycles. The largest absolute Gasteiger partial charge is 0.472 e. The Balaban J connectivity index is 1.08. The third-order valence-corrected chi connectivity index (χ3v) is 12.5. The summed E-state index contributed by atoms with van der Waals surface area (Å²) < 4.78 is 22.7. The van der Waals surface area contributed by atoms with Crippen molar-refractivity contribution in [2.75, 3.05) is 0 Å². The van der Waals surface area contributed by atoms with E-state index in [9.17, 15) is 0 Å². The van der Waals surface area contributed by atoms with E-state index in [1.54, 1.807) is 6.07 Å². The van der Waals surface area contributed by atoms with Gasteiger partial charge in [0, 0.05) is 44.2 Å². The molecule has 8 aromatic rings. The molecule has 0 radical (unpaired) electrons. The van der Waals surface area contributed by atoms with E-state index >= 15 is 4.39 Å². The van der Waals surface area contributed by atoms with Gasteiger partial charge in [0.05, 0.1) is 11.4 Å². The number of fused-ring (bicyclic) bond motifs is 10. The molecule has 274 valence electrons. The van der Waals surface area contributed by atoms with Crippen LogP contribution in [0.1, 0.15) is 59.9 Å². The van der Waals surface area contributed by atoms with Crippen molar-refractivity contribution in [1.29, 1.82) is 0 Å². The van der Waals surface area contributed by atoms with Crippen LogP contribution in [0.2, 0.25) is 0 Å². The summed E-state index contributed by atoms with van der Waals surface area (Å²) in [5, 5.41) is 2.22. The Morgan fingerprint density at radius 2 is 1.14 bits per heavy atom. The Hall–Kier alpha value is -6.65. The van der Waals surface area contributed by atoms with E-state index < -0.39 is 5.60 Å². The molecule has 3 aliphatic rings. The maximum atomic E-state index is 15.1. The molecule has 1 aromatic heterocycles. The van der Waals surface area contributed by atoms with Crippen LogP contribution in [0.5, 0.6) is 5.75 Å². The standard InChI is InChI=1S/C53H39FN2O/c54-40-27-28-43-45(33-40)52(30-13-4-14-31-52)49-44-29-32-53(38-19-9-3-10-20-38,57-50(44)42-22-12-11-21-41(42)48(43)49)39-25-23-37(24-26-39)51-55-46(35-15-5-1-6-16-35)34-47(56-51)36-17-7-2-8-18-36/h1-3,5-12,15-29,32-34H,4,13-14,30-31H2. The molecule has 1 fully saturated rings. The van der Waals surface area contributed by atoms with Crippen molar-refractivity contribution < 1.29 is 9.13 Å². The monoisotopic (exact) mass is 738 g/mol. The molecule has 7 aromatic carbocycles. The van der Waals surface area contributed by atoms with Crippen molar-refractivity contribution in [3.63, 3.8) is 0 Å². The second-order valence-electron chi connectivity index (χ2n) is 15.7. The quantitative estimate of drug-likeness (QED) is 0.176. The second kappa shape index (κ2) is 13.2. The number of aromatic nitrogens is 2. The van der Waals surface area contributed by atoms with Crippen LogP contribution < -0.4 is 4.74 Å². The Labute approximate surface area is 332 Å². The number of hydrogen-bond acceptors (Lipinski definition) is 3. The Morgan fingerprint density at radius 3 is 1.81 bits per heavy atom. The highest BCUT2D eigenvalue weighted by Gasteiger charge is 2.49. The van der Waals surface area contributed by atoms with Crippen molar-refractivity contribution in [1.82, 2.24) is 9.97 Å². The fourth-order valence-electron chi connectivity index (χ4n) is 9.93. The van der Waals surface area contributed by atoms with Gasteiger partial charge in [-0.3, -0.25) is 0 Å². The van der Waals surface area contributed by atoms with Gasteiger partial charge in [-0.05, 0) is 64.8 Å². The van der Waals surface area contributed by atoms with Crippen LogP contribution in [0.4, 0.5) is 4.39 Å². The van der Waals surface area contributed by atoms with Gasteiger partial charge < -0.3 is 4.74 Å². The molecule has 57 heavy (non-hydrogen) atoms. The zero-order valence-corrected chi connectivity index (χ0v) is 31.5. The Morgan fingerprint density at radius 1 is 0.544 bits per heavy atom. The van der Waals surface area contributed by atoms with E-state index in [0.717, 1.165) is 98.1 Å². The summed E-state index contributed by atoms with van der Waals surface area (Å²) in [6, 6.07) is 55.8. The maximum absolute atomic E-state index is 15.1. The summed E-state index contributed by atoms with van der Waals surface area (Å²) in [6.45, 7) is 0. The van der Waals surface area contributed by atoms with Gasteiger partial charge in [-0.2, -0.15) is 0 Å². The van der Waals surface area contributed by atoms with E-state index in [-0.39, 0.29) is 11.2 Å². The van der Waals surface area contributed by atoms with E-state index in [4.69, 9.17) is 14.7 Å². The molecule has 1 unspecified atom stereocenters. The first kappa shape index (κ1) is 33.7. The molecule has 4 heteroatoms. The molecule has 3 nitrogen and oxygen atoms in total. The van der Waals surface area contributed by atoms with Crippen LogP contribution >= 0.6 is 0 Å². The SMILES string of the molecule is Fc1ccc2c(c1)C1(CCCCC1)c1c3c(c4ccccc4c1-2)OC(c1ccccc1)(c1ccc(-c2nc(-c4ccccc4)cc(-c4ccccc4)n2)cc1)C=C3. The lowest BCUT2D eigenvalue weighted by Gasteiger charge is -2.41. The van der Waals surface area contributed by atoms with Gasteiger partial charge in [-0.1, -0.05) is 171 Å². The molecule has 0 N–H and O–H groups in total. The molecule has 1 aliphatic heterocycles. The van der Waals surface area contributed by atoms with Crippen LogP contribution in [0.15, 0.2) is 170 Å². The minimum absolute atomic E-state index is 0.170. The van der Waals surface area contributed by atoms with Gasteiger partial charge in [0.15, 0.2) is 11.4 Å². The van der Waals surface area contributed by atoms with Gasteiger partial charge in [-0.15, -0.1) is 0 Å². The van der Waals surface area contributed by atoms with Gasteiger partial charge in [0.25, 0.3) is 0 Å². The number of halogens is 1. The molecule has 0 amide bonds. The van der Waals surface area contributed by atoms with Crippen LogP contribution in [0, 0.1) is 5.82 Å². The number of nitrogens with zero attached hydrogens (tertiary/aromatic N) is 2. The fourth-order valence-corrected chi connectivity index (χ4v) is 9.93. The van der Waals surface area contributed by atoms with Gasteiger partial charge in [-0.25, -0.2) is 14.4 Å².